The molecule has 0 bridgehead atoms. The Morgan fingerprint density at radius 1 is 1.16 bits per heavy atom. The lowest BCUT2D eigenvalue weighted by molar-refractivity contribution is -0.147. The molecule has 0 aromatic carbocycles. The minimum absolute atomic E-state index is 0.192. The molecule has 1 atom stereocenters. The number of amides is 1. The fraction of sp³-hybridized carbons (Fsp3) is 0.636. The standard InChI is InChI=1S/C22H32N2O7/c1-14-12-16(15(2)23(14)11-9-19(26)29-6)18(25)13-30-20(27)17-8-7-10-24(17)21(28)31-22(3,4)5/h12,17H,7-11,13H2,1-6H3/t17-/m1/s1. The third kappa shape index (κ3) is 6.32. The molecule has 1 fully saturated rings. The van der Waals surface area contributed by atoms with Gasteiger partial charge in [-0.05, 0) is 53.5 Å². The Bertz CT molecular complexity index is 851. The molecule has 1 saturated heterocycles. The van der Waals surface area contributed by atoms with Gasteiger partial charge < -0.3 is 18.8 Å². The third-order valence-corrected chi connectivity index (χ3v) is 5.14. The maximum absolute atomic E-state index is 12.7. The Hall–Kier alpha value is -2.84. The molecule has 1 aromatic rings. The summed E-state index contributed by atoms with van der Waals surface area (Å²) in [4.78, 5) is 50.3. The van der Waals surface area contributed by atoms with Crippen LogP contribution in [0.25, 0.3) is 0 Å². The van der Waals surface area contributed by atoms with Crippen molar-refractivity contribution in [3.63, 3.8) is 0 Å². The fourth-order valence-corrected chi connectivity index (χ4v) is 3.59. The van der Waals surface area contributed by atoms with Gasteiger partial charge in [0, 0.05) is 30.0 Å². The molecular weight excluding hydrogens is 404 g/mol. The first-order valence-corrected chi connectivity index (χ1v) is 10.4. The van der Waals surface area contributed by atoms with E-state index in [0.29, 0.717) is 37.2 Å². The molecule has 9 heteroatoms. The Labute approximate surface area is 182 Å². The average Bonchev–Trinajstić information content (AvgIpc) is 3.28. The molecule has 9 nitrogen and oxygen atoms in total. The summed E-state index contributed by atoms with van der Waals surface area (Å²) in [5, 5.41) is 0. The van der Waals surface area contributed by atoms with E-state index in [-0.39, 0.29) is 18.2 Å². The zero-order valence-electron chi connectivity index (χ0n) is 19.1. The van der Waals surface area contributed by atoms with Gasteiger partial charge in [-0.3, -0.25) is 14.5 Å². The van der Waals surface area contributed by atoms with Crippen molar-refractivity contribution in [3.05, 3.63) is 23.0 Å². The van der Waals surface area contributed by atoms with E-state index in [4.69, 9.17) is 9.47 Å². The Kier molecular flexibility index (Phi) is 7.86. The molecule has 0 spiro atoms. The minimum Gasteiger partial charge on any atom is -0.469 e. The van der Waals surface area contributed by atoms with Crippen LogP contribution in [0.5, 0.6) is 0 Å². The van der Waals surface area contributed by atoms with Gasteiger partial charge in [-0.15, -0.1) is 0 Å². The average molecular weight is 437 g/mol. The molecule has 1 aliphatic heterocycles. The summed E-state index contributed by atoms with van der Waals surface area (Å²) >= 11 is 0. The second kappa shape index (κ2) is 9.98. The van der Waals surface area contributed by atoms with Crippen LogP contribution in [-0.2, 0) is 30.3 Å². The second-order valence-corrected chi connectivity index (χ2v) is 8.63. The first-order valence-electron chi connectivity index (χ1n) is 10.4. The molecule has 1 amide bonds. The SMILES string of the molecule is COC(=O)CCn1c(C)cc(C(=O)COC(=O)[C@H]2CCCN2C(=O)OC(C)(C)C)c1C. The molecule has 1 aromatic heterocycles. The maximum atomic E-state index is 12.7. The van der Waals surface area contributed by atoms with Crippen LogP contribution >= 0.6 is 0 Å². The highest BCUT2D eigenvalue weighted by atomic mass is 16.6. The lowest BCUT2D eigenvalue weighted by Gasteiger charge is -2.27. The van der Waals surface area contributed by atoms with Crippen LogP contribution in [0.3, 0.4) is 0 Å². The number of hydrogen-bond donors (Lipinski definition) is 0. The van der Waals surface area contributed by atoms with Crippen LogP contribution in [0.1, 0.15) is 61.8 Å². The van der Waals surface area contributed by atoms with E-state index in [2.05, 4.69) is 4.74 Å². The maximum Gasteiger partial charge on any atom is 0.411 e. The van der Waals surface area contributed by atoms with Gasteiger partial charge in [0.25, 0.3) is 0 Å². The quantitative estimate of drug-likeness (QED) is 0.368. The molecule has 0 N–H and O–H groups in total. The number of likely N-dealkylation sites (tertiary alicyclic amines) is 1. The number of hydrogen-bond acceptors (Lipinski definition) is 7. The number of methoxy groups -OCH3 is 1. The number of carbonyl (C=O) groups is 4. The van der Waals surface area contributed by atoms with Gasteiger partial charge in [0.2, 0.25) is 5.78 Å². The third-order valence-electron chi connectivity index (χ3n) is 5.14. The lowest BCUT2D eigenvalue weighted by Crippen LogP contribution is -2.44. The summed E-state index contributed by atoms with van der Waals surface area (Å²) in [7, 11) is 1.33. The minimum atomic E-state index is -0.755. The van der Waals surface area contributed by atoms with E-state index in [1.807, 2.05) is 11.5 Å². The van der Waals surface area contributed by atoms with E-state index >= 15 is 0 Å². The van der Waals surface area contributed by atoms with E-state index in [1.165, 1.54) is 12.0 Å². The van der Waals surface area contributed by atoms with E-state index in [0.717, 1.165) is 5.69 Å². The molecule has 172 valence electrons. The van der Waals surface area contributed by atoms with Crippen LogP contribution < -0.4 is 0 Å². The van der Waals surface area contributed by atoms with Crippen molar-refractivity contribution in [2.75, 3.05) is 20.3 Å². The first-order chi connectivity index (χ1) is 14.4. The van der Waals surface area contributed by atoms with Gasteiger partial charge in [0.15, 0.2) is 6.61 Å². The van der Waals surface area contributed by atoms with Gasteiger partial charge in [0.05, 0.1) is 13.5 Å². The van der Waals surface area contributed by atoms with Crippen molar-refractivity contribution in [1.82, 2.24) is 9.47 Å². The van der Waals surface area contributed by atoms with Gasteiger partial charge in [0.1, 0.15) is 11.6 Å². The van der Waals surface area contributed by atoms with Crippen LogP contribution in [-0.4, -0.2) is 65.2 Å². The largest absolute Gasteiger partial charge is 0.469 e. The molecule has 0 aliphatic carbocycles. The fourth-order valence-electron chi connectivity index (χ4n) is 3.59. The molecule has 2 heterocycles. The summed E-state index contributed by atoms with van der Waals surface area (Å²) in [6.45, 7) is 9.27. The summed E-state index contributed by atoms with van der Waals surface area (Å²) in [6, 6.07) is 0.959. The van der Waals surface area contributed by atoms with Gasteiger partial charge in [-0.25, -0.2) is 9.59 Å². The number of carbonyl (C=O) groups excluding carboxylic acids is 4. The highest BCUT2D eigenvalue weighted by molar-refractivity contribution is 5.99. The van der Waals surface area contributed by atoms with Gasteiger partial charge in [-0.1, -0.05) is 0 Å². The molecule has 0 unspecified atom stereocenters. The predicted molar refractivity (Wildman–Crippen MR) is 112 cm³/mol. The zero-order chi connectivity index (χ0) is 23.3. The molecule has 1 aliphatic rings. The highest BCUT2D eigenvalue weighted by Gasteiger charge is 2.38. The van der Waals surface area contributed by atoms with Gasteiger partial charge >= 0.3 is 18.0 Å². The van der Waals surface area contributed by atoms with Crippen molar-refractivity contribution in [2.24, 2.45) is 0 Å². The van der Waals surface area contributed by atoms with Crippen molar-refractivity contribution in [3.8, 4) is 0 Å². The Morgan fingerprint density at radius 2 is 1.84 bits per heavy atom. The van der Waals surface area contributed by atoms with E-state index < -0.39 is 30.3 Å². The van der Waals surface area contributed by atoms with E-state index in [1.54, 1.807) is 33.8 Å². The number of Topliss-reactive ketones (excluding diaryl/α,β-unsaturated/α-hetero) is 1. The number of nitrogens with zero attached hydrogens (tertiary/aromatic N) is 2. The van der Waals surface area contributed by atoms with Crippen LogP contribution in [0.4, 0.5) is 4.79 Å². The van der Waals surface area contributed by atoms with Crippen LogP contribution in [0.15, 0.2) is 6.07 Å². The van der Waals surface area contributed by atoms with Crippen molar-refractivity contribution in [2.45, 2.75) is 72.1 Å². The number of ketones is 1. The summed E-state index contributed by atoms with van der Waals surface area (Å²) < 4.78 is 17.1. The number of aromatic nitrogens is 1. The van der Waals surface area contributed by atoms with Crippen molar-refractivity contribution in [1.29, 1.82) is 0 Å². The number of aryl methyl sites for hydroxylation is 1. The van der Waals surface area contributed by atoms with Crippen LogP contribution in [0.2, 0.25) is 0 Å². The van der Waals surface area contributed by atoms with Crippen molar-refractivity contribution >= 4 is 23.8 Å². The van der Waals surface area contributed by atoms with Crippen molar-refractivity contribution < 1.29 is 33.4 Å². The lowest BCUT2D eigenvalue weighted by atomic mass is 10.1. The predicted octanol–water partition coefficient (Wildman–Crippen LogP) is 2.79. The summed E-state index contributed by atoms with van der Waals surface area (Å²) in [5.74, 6) is -1.29. The molecule has 2 rings (SSSR count). The first kappa shape index (κ1) is 24.4. The molecule has 0 radical (unpaired) electrons. The van der Waals surface area contributed by atoms with Crippen LogP contribution in [0, 0.1) is 13.8 Å². The Morgan fingerprint density at radius 3 is 2.45 bits per heavy atom. The monoisotopic (exact) mass is 436 g/mol. The topological polar surface area (TPSA) is 104 Å². The smallest absolute Gasteiger partial charge is 0.411 e. The number of ether oxygens (including phenoxy) is 3. The van der Waals surface area contributed by atoms with E-state index in [9.17, 15) is 19.2 Å². The number of esters is 2. The number of rotatable bonds is 7. The normalized spacial score (nSPS) is 16.2. The Balaban J connectivity index is 1.98. The summed E-state index contributed by atoms with van der Waals surface area (Å²) in [6.07, 6.45) is 0.757. The highest BCUT2D eigenvalue weighted by Crippen LogP contribution is 2.22. The summed E-state index contributed by atoms with van der Waals surface area (Å²) in [5.41, 5.74) is 1.28. The second-order valence-electron chi connectivity index (χ2n) is 8.63. The molecular formula is C22H32N2O7. The zero-order valence-corrected chi connectivity index (χ0v) is 19.1. The molecule has 0 saturated carbocycles. The van der Waals surface area contributed by atoms with Gasteiger partial charge in [-0.2, -0.15) is 0 Å². The molecule has 31 heavy (non-hydrogen) atoms.